The highest BCUT2D eigenvalue weighted by Gasteiger charge is 2.17. The second-order valence-corrected chi connectivity index (χ2v) is 5.68. The van der Waals surface area contributed by atoms with Gasteiger partial charge in [-0.3, -0.25) is 0 Å². The molecule has 4 aromatic rings. The number of hydrogen-bond donors (Lipinski definition) is 0. The number of rotatable bonds is 1. The number of benzene rings is 2. The van der Waals surface area contributed by atoms with Crippen LogP contribution >= 0.6 is 0 Å². The molecule has 0 aliphatic heterocycles. The number of fused-ring (bicyclic) bond motifs is 2. The van der Waals surface area contributed by atoms with Crippen LogP contribution in [0.5, 0.6) is 0 Å². The number of aryl methyl sites for hydroxylation is 2. The smallest absolute Gasteiger partial charge is 0.336 e. The van der Waals surface area contributed by atoms with Gasteiger partial charge in [0, 0.05) is 28.0 Å². The molecule has 0 bridgehead atoms. The van der Waals surface area contributed by atoms with Crippen LogP contribution in [0, 0.1) is 19.7 Å². The summed E-state index contributed by atoms with van der Waals surface area (Å²) in [6.45, 7) is 3.83. The molecule has 2 heterocycles. The molecule has 0 aliphatic rings. The van der Waals surface area contributed by atoms with Crippen molar-refractivity contribution >= 4 is 21.9 Å². The zero-order chi connectivity index (χ0) is 16.1. The molecule has 2 aromatic carbocycles. The average molecular weight is 308 g/mol. The van der Waals surface area contributed by atoms with E-state index in [0.29, 0.717) is 27.9 Å². The van der Waals surface area contributed by atoms with Crippen molar-refractivity contribution in [3.63, 3.8) is 0 Å². The highest BCUT2D eigenvalue weighted by Crippen LogP contribution is 2.36. The van der Waals surface area contributed by atoms with Crippen LogP contribution in [0.3, 0.4) is 0 Å². The van der Waals surface area contributed by atoms with Gasteiger partial charge in [0.25, 0.3) is 0 Å². The molecule has 0 spiro atoms. The largest absolute Gasteiger partial charge is 0.456 e. The standard InChI is InChI=1S/C19H13FO3/c1-10-3-5-17-14(7-10)15(9-18(21)22-17)19-11(2)13-8-12(20)4-6-16(13)23-19/h3-9H,1-2H3. The van der Waals surface area contributed by atoms with Gasteiger partial charge in [-0.25, -0.2) is 9.18 Å². The minimum Gasteiger partial charge on any atom is -0.456 e. The second-order valence-electron chi connectivity index (χ2n) is 5.68. The van der Waals surface area contributed by atoms with Gasteiger partial charge < -0.3 is 8.83 Å². The molecule has 23 heavy (non-hydrogen) atoms. The Hall–Kier alpha value is -2.88. The summed E-state index contributed by atoms with van der Waals surface area (Å²) in [5.74, 6) is 0.246. The lowest BCUT2D eigenvalue weighted by Crippen LogP contribution is -1.98. The van der Waals surface area contributed by atoms with Gasteiger partial charge in [-0.15, -0.1) is 0 Å². The molecule has 0 radical (unpaired) electrons. The minimum absolute atomic E-state index is 0.318. The molecule has 0 unspecified atom stereocenters. The van der Waals surface area contributed by atoms with Crippen LogP contribution in [0.2, 0.25) is 0 Å². The Bertz CT molecular complexity index is 1120. The first kappa shape index (κ1) is 13.8. The van der Waals surface area contributed by atoms with E-state index in [-0.39, 0.29) is 5.82 Å². The fourth-order valence-electron chi connectivity index (χ4n) is 2.91. The van der Waals surface area contributed by atoms with Crippen molar-refractivity contribution in [3.05, 3.63) is 69.8 Å². The maximum atomic E-state index is 13.5. The molecular weight excluding hydrogens is 295 g/mol. The molecule has 2 aromatic heterocycles. The number of hydrogen-bond acceptors (Lipinski definition) is 3. The van der Waals surface area contributed by atoms with Crippen molar-refractivity contribution < 1.29 is 13.2 Å². The quantitative estimate of drug-likeness (QED) is 0.467. The predicted octanol–water partition coefficient (Wildman–Crippen LogP) is 4.96. The first-order chi connectivity index (χ1) is 11.0. The third kappa shape index (κ3) is 2.14. The molecule has 3 nitrogen and oxygen atoms in total. The molecular formula is C19H13FO3. The van der Waals surface area contributed by atoms with Crippen LogP contribution < -0.4 is 5.63 Å². The zero-order valence-corrected chi connectivity index (χ0v) is 12.6. The van der Waals surface area contributed by atoms with Crippen molar-refractivity contribution in [1.29, 1.82) is 0 Å². The molecule has 114 valence electrons. The van der Waals surface area contributed by atoms with Gasteiger partial charge >= 0.3 is 5.63 Å². The Balaban J connectivity index is 2.12. The first-order valence-corrected chi connectivity index (χ1v) is 7.26. The molecule has 0 aliphatic carbocycles. The van der Waals surface area contributed by atoms with Crippen LogP contribution in [-0.4, -0.2) is 0 Å². The topological polar surface area (TPSA) is 43.4 Å². The van der Waals surface area contributed by atoms with E-state index in [1.807, 2.05) is 26.0 Å². The zero-order valence-electron chi connectivity index (χ0n) is 12.6. The van der Waals surface area contributed by atoms with E-state index in [2.05, 4.69) is 0 Å². The van der Waals surface area contributed by atoms with E-state index in [0.717, 1.165) is 16.5 Å². The Morgan fingerprint density at radius 2 is 1.61 bits per heavy atom. The molecule has 0 saturated heterocycles. The maximum absolute atomic E-state index is 13.5. The van der Waals surface area contributed by atoms with Gasteiger partial charge in [0.2, 0.25) is 0 Å². The van der Waals surface area contributed by atoms with Crippen molar-refractivity contribution in [2.75, 3.05) is 0 Å². The average Bonchev–Trinajstić information content (AvgIpc) is 2.84. The Morgan fingerprint density at radius 1 is 0.870 bits per heavy atom. The van der Waals surface area contributed by atoms with Crippen LogP contribution in [0.25, 0.3) is 33.3 Å². The Kier molecular flexibility index (Phi) is 2.88. The Morgan fingerprint density at radius 3 is 2.43 bits per heavy atom. The monoisotopic (exact) mass is 308 g/mol. The summed E-state index contributed by atoms with van der Waals surface area (Å²) in [5.41, 5.74) is 3.16. The van der Waals surface area contributed by atoms with Gasteiger partial charge in [-0.2, -0.15) is 0 Å². The molecule has 0 fully saturated rings. The summed E-state index contributed by atoms with van der Waals surface area (Å²) in [4.78, 5) is 11.9. The highest BCUT2D eigenvalue weighted by atomic mass is 19.1. The van der Waals surface area contributed by atoms with E-state index >= 15 is 0 Å². The third-order valence-corrected chi connectivity index (χ3v) is 4.04. The van der Waals surface area contributed by atoms with Crippen LogP contribution in [0.15, 0.2) is 56.1 Å². The van der Waals surface area contributed by atoms with Crippen LogP contribution in [-0.2, 0) is 0 Å². The number of halogens is 1. The minimum atomic E-state index is -0.442. The summed E-state index contributed by atoms with van der Waals surface area (Å²) in [6.07, 6.45) is 0. The first-order valence-electron chi connectivity index (χ1n) is 7.26. The summed E-state index contributed by atoms with van der Waals surface area (Å²) in [6, 6.07) is 11.4. The van der Waals surface area contributed by atoms with E-state index in [4.69, 9.17) is 8.83 Å². The van der Waals surface area contributed by atoms with Crippen molar-refractivity contribution in [2.24, 2.45) is 0 Å². The van der Waals surface area contributed by atoms with Crippen molar-refractivity contribution in [2.45, 2.75) is 13.8 Å². The van der Waals surface area contributed by atoms with Gasteiger partial charge in [-0.1, -0.05) is 11.6 Å². The predicted molar refractivity (Wildman–Crippen MR) is 87.1 cm³/mol. The molecule has 0 atom stereocenters. The summed E-state index contributed by atoms with van der Waals surface area (Å²) in [5, 5.41) is 1.50. The highest BCUT2D eigenvalue weighted by molar-refractivity contribution is 5.97. The molecule has 0 amide bonds. The summed E-state index contributed by atoms with van der Waals surface area (Å²) >= 11 is 0. The molecule has 4 rings (SSSR count). The van der Waals surface area contributed by atoms with Crippen molar-refractivity contribution in [3.8, 4) is 11.3 Å². The van der Waals surface area contributed by atoms with E-state index in [1.54, 1.807) is 12.1 Å². The fraction of sp³-hybridized carbons (Fsp3) is 0.105. The molecule has 4 heteroatoms. The van der Waals surface area contributed by atoms with Gasteiger partial charge in [0.05, 0.1) is 0 Å². The van der Waals surface area contributed by atoms with E-state index < -0.39 is 5.63 Å². The number of furan rings is 1. The van der Waals surface area contributed by atoms with Gasteiger partial charge in [0.15, 0.2) is 0 Å². The second kappa shape index (κ2) is 4.81. The normalized spacial score (nSPS) is 11.4. The fourth-order valence-corrected chi connectivity index (χ4v) is 2.91. The maximum Gasteiger partial charge on any atom is 0.336 e. The third-order valence-electron chi connectivity index (χ3n) is 4.04. The SMILES string of the molecule is Cc1ccc2oc(=O)cc(-c3oc4ccc(F)cc4c3C)c2c1. The summed E-state index contributed by atoms with van der Waals surface area (Å²) in [7, 11) is 0. The lowest BCUT2D eigenvalue weighted by molar-refractivity contribution is 0.559. The van der Waals surface area contributed by atoms with E-state index in [1.165, 1.54) is 18.2 Å². The Labute approximate surface area is 131 Å². The lowest BCUT2D eigenvalue weighted by atomic mass is 10.0. The lowest BCUT2D eigenvalue weighted by Gasteiger charge is -2.05. The van der Waals surface area contributed by atoms with Crippen LogP contribution in [0.4, 0.5) is 4.39 Å². The van der Waals surface area contributed by atoms with Gasteiger partial charge in [0.1, 0.15) is 22.7 Å². The van der Waals surface area contributed by atoms with Gasteiger partial charge in [-0.05, 0) is 44.2 Å². The molecule has 0 N–H and O–H groups in total. The van der Waals surface area contributed by atoms with Crippen molar-refractivity contribution in [1.82, 2.24) is 0 Å². The van der Waals surface area contributed by atoms with Crippen LogP contribution in [0.1, 0.15) is 11.1 Å². The summed E-state index contributed by atoms with van der Waals surface area (Å²) < 4.78 is 24.6. The van der Waals surface area contributed by atoms with E-state index in [9.17, 15) is 9.18 Å². The molecule has 0 saturated carbocycles.